The van der Waals surface area contributed by atoms with Crippen molar-refractivity contribution < 1.29 is 0 Å². The van der Waals surface area contributed by atoms with Crippen LogP contribution in [0.4, 0.5) is 0 Å². The molecule has 0 fully saturated rings. The Bertz CT molecular complexity index is 252. The van der Waals surface area contributed by atoms with E-state index < -0.39 is 0 Å². The molecule has 0 bridgehead atoms. The lowest BCUT2D eigenvalue weighted by atomic mass is 10.2. The first-order valence-corrected chi connectivity index (χ1v) is 6.11. The summed E-state index contributed by atoms with van der Waals surface area (Å²) in [5, 5.41) is 3.31. The van der Waals surface area contributed by atoms with Crippen molar-refractivity contribution in [3.63, 3.8) is 0 Å². The summed E-state index contributed by atoms with van der Waals surface area (Å²) >= 11 is 1.92. The predicted molar refractivity (Wildman–Crippen MR) is 65.0 cm³/mol. The zero-order chi connectivity index (χ0) is 10.4. The molecule has 0 amide bonds. The van der Waals surface area contributed by atoms with E-state index in [4.69, 9.17) is 0 Å². The molecule has 0 radical (unpaired) electrons. The molecular formula is C12H19NS. The van der Waals surface area contributed by atoms with Gasteiger partial charge in [0.1, 0.15) is 0 Å². The summed E-state index contributed by atoms with van der Waals surface area (Å²) < 4.78 is 0. The lowest BCUT2D eigenvalue weighted by Crippen LogP contribution is -2.26. The molecule has 1 atom stereocenters. The van der Waals surface area contributed by atoms with Crippen molar-refractivity contribution in [2.45, 2.75) is 31.2 Å². The maximum Gasteiger partial charge on any atom is 0.0156 e. The van der Waals surface area contributed by atoms with Gasteiger partial charge in [0.25, 0.3) is 0 Å². The zero-order valence-corrected chi connectivity index (χ0v) is 10.0. The van der Waals surface area contributed by atoms with Gasteiger partial charge >= 0.3 is 0 Å². The SMILES string of the molecule is CCC(CSc1ccc(C)cc1)NC. The fourth-order valence-electron chi connectivity index (χ4n) is 1.24. The number of rotatable bonds is 5. The maximum absolute atomic E-state index is 3.31. The number of thioether (sulfide) groups is 1. The quantitative estimate of drug-likeness (QED) is 0.748. The Hall–Kier alpha value is -0.470. The summed E-state index contributed by atoms with van der Waals surface area (Å²) in [6, 6.07) is 9.36. The highest BCUT2D eigenvalue weighted by Crippen LogP contribution is 2.19. The van der Waals surface area contributed by atoms with Gasteiger partial charge in [0, 0.05) is 16.7 Å². The maximum atomic E-state index is 3.31. The number of hydrogen-bond donors (Lipinski definition) is 1. The summed E-state index contributed by atoms with van der Waals surface area (Å²) in [5.74, 6) is 1.15. The van der Waals surface area contributed by atoms with Gasteiger partial charge in [-0.05, 0) is 32.5 Å². The lowest BCUT2D eigenvalue weighted by Gasteiger charge is -2.12. The second kappa shape index (κ2) is 6.10. The van der Waals surface area contributed by atoms with Gasteiger partial charge in [-0.1, -0.05) is 24.6 Å². The van der Waals surface area contributed by atoms with E-state index in [0.717, 1.165) is 5.75 Å². The summed E-state index contributed by atoms with van der Waals surface area (Å²) in [5.41, 5.74) is 1.33. The van der Waals surface area contributed by atoms with E-state index in [-0.39, 0.29) is 0 Å². The van der Waals surface area contributed by atoms with Crippen LogP contribution in [-0.2, 0) is 0 Å². The summed E-state index contributed by atoms with van der Waals surface area (Å²) in [6.45, 7) is 4.34. The standard InChI is InChI=1S/C12H19NS/c1-4-11(13-3)9-14-12-7-5-10(2)6-8-12/h5-8,11,13H,4,9H2,1-3H3. The molecular weight excluding hydrogens is 190 g/mol. The third-order valence-corrected chi connectivity index (χ3v) is 3.55. The van der Waals surface area contributed by atoms with Crippen molar-refractivity contribution in [3.8, 4) is 0 Å². The smallest absolute Gasteiger partial charge is 0.0156 e. The summed E-state index contributed by atoms with van der Waals surface area (Å²) in [4.78, 5) is 1.37. The van der Waals surface area contributed by atoms with E-state index in [0.29, 0.717) is 6.04 Å². The molecule has 0 saturated heterocycles. The Kier molecular flexibility index (Phi) is 5.05. The van der Waals surface area contributed by atoms with Crippen molar-refractivity contribution in [1.29, 1.82) is 0 Å². The Labute approximate surface area is 91.3 Å². The number of nitrogens with one attached hydrogen (secondary N) is 1. The number of aryl methyl sites for hydroxylation is 1. The van der Waals surface area contributed by atoms with Crippen LogP contribution in [0.3, 0.4) is 0 Å². The third-order valence-electron chi connectivity index (χ3n) is 2.37. The molecule has 0 heterocycles. The fourth-order valence-corrected chi connectivity index (χ4v) is 2.36. The molecule has 1 rings (SSSR count). The molecule has 1 unspecified atom stereocenters. The molecule has 0 aromatic heterocycles. The van der Waals surface area contributed by atoms with E-state index in [1.807, 2.05) is 18.8 Å². The van der Waals surface area contributed by atoms with Crippen LogP contribution in [0.5, 0.6) is 0 Å². The van der Waals surface area contributed by atoms with Gasteiger partial charge in [-0.15, -0.1) is 11.8 Å². The van der Waals surface area contributed by atoms with E-state index in [9.17, 15) is 0 Å². The normalized spacial score (nSPS) is 12.8. The van der Waals surface area contributed by atoms with Crippen LogP contribution >= 0.6 is 11.8 Å². The number of hydrogen-bond acceptors (Lipinski definition) is 2. The molecule has 1 N–H and O–H groups in total. The van der Waals surface area contributed by atoms with E-state index >= 15 is 0 Å². The van der Waals surface area contributed by atoms with Gasteiger partial charge in [0.05, 0.1) is 0 Å². The van der Waals surface area contributed by atoms with Gasteiger partial charge in [-0.3, -0.25) is 0 Å². The average Bonchev–Trinajstić information content (AvgIpc) is 2.22. The van der Waals surface area contributed by atoms with Gasteiger partial charge in [-0.2, -0.15) is 0 Å². The minimum atomic E-state index is 0.626. The first-order valence-electron chi connectivity index (χ1n) is 5.13. The van der Waals surface area contributed by atoms with E-state index in [1.165, 1.54) is 16.9 Å². The van der Waals surface area contributed by atoms with Crippen LogP contribution in [0.15, 0.2) is 29.2 Å². The Morgan fingerprint density at radius 1 is 1.29 bits per heavy atom. The van der Waals surface area contributed by atoms with Crippen molar-refractivity contribution in [2.24, 2.45) is 0 Å². The predicted octanol–water partition coefficient (Wildman–Crippen LogP) is 3.09. The highest BCUT2D eigenvalue weighted by Gasteiger charge is 2.02. The molecule has 0 aliphatic heterocycles. The molecule has 1 aromatic rings. The molecule has 78 valence electrons. The monoisotopic (exact) mass is 209 g/mol. The van der Waals surface area contributed by atoms with Gasteiger partial charge in [0.2, 0.25) is 0 Å². The Balaban J connectivity index is 2.41. The van der Waals surface area contributed by atoms with Crippen LogP contribution < -0.4 is 5.32 Å². The van der Waals surface area contributed by atoms with Crippen LogP contribution in [0.25, 0.3) is 0 Å². The van der Waals surface area contributed by atoms with Crippen molar-refractivity contribution in [2.75, 3.05) is 12.8 Å². The Morgan fingerprint density at radius 2 is 1.93 bits per heavy atom. The van der Waals surface area contributed by atoms with Crippen LogP contribution in [0.2, 0.25) is 0 Å². The largest absolute Gasteiger partial charge is 0.316 e. The third kappa shape index (κ3) is 3.72. The first-order chi connectivity index (χ1) is 6.76. The number of benzene rings is 1. The molecule has 14 heavy (non-hydrogen) atoms. The second-order valence-electron chi connectivity index (χ2n) is 3.52. The van der Waals surface area contributed by atoms with Crippen LogP contribution in [0.1, 0.15) is 18.9 Å². The van der Waals surface area contributed by atoms with Crippen molar-refractivity contribution in [3.05, 3.63) is 29.8 Å². The van der Waals surface area contributed by atoms with Gasteiger partial charge in [-0.25, -0.2) is 0 Å². The minimum absolute atomic E-state index is 0.626. The minimum Gasteiger partial charge on any atom is -0.316 e. The van der Waals surface area contributed by atoms with Crippen LogP contribution in [-0.4, -0.2) is 18.8 Å². The molecule has 0 saturated carbocycles. The summed E-state index contributed by atoms with van der Waals surface area (Å²) in [7, 11) is 2.03. The highest BCUT2D eigenvalue weighted by molar-refractivity contribution is 7.99. The second-order valence-corrected chi connectivity index (χ2v) is 4.61. The zero-order valence-electron chi connectivity index (χ0n) is 9.21. The first kappa shape index (κ1) is 11.6. The molecule has 2 heteroatoms. The van der Waals surface area contributed by atoms with Gasteiger partial charge in [0.15, 0.2) is 0 Å². The lowest BCUT2D eigenvalue weighted by molar-refractivity contribution is 0.602. The highest BCUT2D eigenvalue weighted by atomic mass is 32.2. The summed E-state index contributed by atoms with van der Waals surface area (Å²) in [6.07, 6.45) is 1.19. The molecule has 1 aromatic carbocycles. The molecule has 1 nitrogen and oxygen atoms in total. The molecule has 0 aliphatic carbocycles. The molecule has 0 aliphatic rings. The topological polar surface area (TPSA) is 12.0 Å². The van der Waals surface area contributed by atoms with Crippen molar-refractivity contribution >= 4 is 11.8 Å². The van der Waals surface area contributed by atoms with Gasteiger partial charge < -0.3 is 5.32 Å². The van der Waals surface area contributed by atoms with E-state index in [1.54, 1.807) is 0 Å². The Morgan fingerprint density at radius 3 is 2.43 bits per heavy atom. The molecule has 0 spiro atoms. The van der Waals surface area contributed by atoms with Crippen molar-refractivity contribution in [1.82, 2.24) is 5.32 Å². The van der Waals surface area contributed by atoms with E-state index in [2.05, 4.69) is 43.4 Å². The average molecular weight is 209 g/mol. The van der Waals surface area contributed by atoms with Crippen LogP contribution in [0, 0.1) is 6.92 Å². The fraction of sp³-hybridized carbons (Fsp3) is 0.500.